The highest BCUT2D eigenvalue weighted by atomic mass is 14.6. The zero-order chi connectivity index (χ0) is 13.8. The second-order valence-corrected chi connectivity index (χ2v) is 4.69. The zero-order valence-electron chi connectivity index (χ0n) is 11.0. The molecule has 96 valence electrons. The first-order valence-electron chi connectivity index (χ1n) is 6.56. The third-order valence-corrected chi connectivity index (χ3v) is 3.44. The minimum Gasteiger partial charge on any atom is -0.367 e. The fourth-order valence-electron chi connectivity index (χ4n) is 2.36. The first-order chi connectivity index (χ1) is 9.88. The van der Waals surface area contributed by atoms with Gasteiger partial charge in [0.05, 0.1) is 12.0 Å². The van der Waals surface area contributed by atoms with Crippen molar-refractivity contribution in [1.29, 1.82) is 5.26 Å². The maximum atomic E-state index is 9.37. The molecule has 0 bridgehead atoms. The molecule has 0 aliphatic heterocycles. The summed E-state index contributed by atoms with van der Waals surface area (Å²) in [6.07, 6.45) is 3.72. The van der Waals surface area contributed by atoms with Crippen LogP contribution < -0.4 is 0 Å². The Morgan fingerprint density at radius 1 is 0.800 bits per heavy atom. The summed E-state index contributed by atoms with van der Waals surface area (Å²) in [5, 5.41) is 9.37. The van der Waals surface area contributed by atoms with E-state index in [1.165, 1.54) is 11.1 Å². The highest BCUT2D eigenvalue weighted by Crippen LogP contribution is 2.26. The van der Waals surface area contributed by atoms with Gasteiger partial charge < -0.3 is 4.98 Å². The van der Waals surface area contributed by atoms with E-state index in [0.717, 1.165) is 11.1 Å². The molecule has 3 aromatic rings. The van der Waals surface area contributed by atoms with Crippen LogP contribution in [-0.2, 0) is 0 Å². The van der Waals surface area contributed by atoms with E-state index in [9.17, 15) is 5.26 Å². The van der Waals surface area contributed by atoms with Gasteiger partial charge >= 0.3 is 0 Å². The summed E-state index contributed by atoms with van der Waals surface area (Å²) < 4.78 is 0. The predicted molar refractivity (Wildman–Crippen MR) is 80.1 cm³/mol. The number of nitrogens with one attached hydrogen (secondary N) is 1. The van der Waals surface area contributed by atoms with Gasteiger partial charge in [-0.2, -0.15) is 5.26 Å². The molecule has 0 spiro atoms. The van der Waals surface area contributed by atoms with Crippen molar-refractivity contribution in [2.75, 3.05) is 0 Å². The van der Waals surface area contributed by atoms with E-state index in [0.29, 0.717) is 0 Å². The normalized spacial score (nSPS) is 11.8. The lowest BCUT2D eigenvalue weighted by molar-refractivity contribution is 1.04. The molecule has 1 aromatic heterocycles. The summed E-state index contributed by atoms with van der Waals surface area (Å²) in [4.78, 5) is 3.00. The van der Waals surface area contributed by atoms with Crippen molar-refractivity contribution in [3.8, 4) is 17.2 Å². The zero-order valence-corrected chi connectivity index (χ0v) is 11.0. The second-order valence-electron chi connectivity index (χ2n) is 4.69. The average molecular weight is 258 g/mol. The molecular formula is C18H14N2. The topological polar surface area (TPSA) is 39.6 Å². The molecule has 2 heteroatoms. The summed E-state index contributed by atoms with van der Waals surface area (Å²) in [7, 11) is 0. The minimum absolute atomic E-state index is 0.217. The maximum absolute atomic E-state index is 9.37. The third kappa shape index (κ3) is 2.34. The van der Waals surface area contributed by atoms with Crippen LogP contribution in [0.5, 0.6) is 0 Å². The number of hydrogen-bond acceptors (Lipinski definition) is 1. The number of H-pyrrole nitrogens is 1. The average Bonchev–Trinajstić information content (AvgIpc) is 3.04. The van der Waals surface area contributed by atoms with Gasteiger partial charge in [-0.25, -0.2) is 0 Å². The lowest BCUT2D eigenvalue weighted by atomic mass is 9.93. The van der Waals surface area contributed by atoms with Crippen LogP contribution in [0.1, 0.15) is 17.0 Å². The molecule has 0 saturated carbocycles. The van der Waals surface area contributed by atoms with Crippen molar-refractivity contribution < 1.29 is 0 Å². The van der Waals surface area contributed by atoms with Gasteiger partial charge in [0.15, 0.2) is 0 Å². The lowest BCUT2D eigenvalue weighted by Crippen LogP contribution is -1.96. The van der Waals surface area contributed by atoms with Crippen LogP contribution in [-0.4, -0.2) is 4.98 Å². The number of rotatable bonds is 3. The SMILES string of the molecule is N#CC(c1ccc(-c2ccccc2)cc1)c1cc[nH]c1. The number of aromatic nitrogens is 1. The van der Waals surface area contributed by atoms with Gasteiger partial charge in [0.25, 0.3) is 0 Å². The molecule has 1 N–H and O–H groups in total. The fraction of sp³-hybridized carbons (Fsp3) is 0.0556. The van der Waals surface area contributed by atoms with E-state index in [4.69, 9.17) is 0 Å². The molecule has 0 fully saturated rings. The number of nitriles is 1. The van der Waals surface area contributed by atoms with Crippen LogP contribution >= 0.6 is 0 Å². The Morgan fingerprint density at radius 3 is 2.10 bits per heavy atom. The minimum atomic E-state index is -0.217. The molecule has 2 nitrogen and oxygen atoms in total. The number of hydrogen-bond donors (Lipinski definition) is 1. The van der Waals surface area contributed by atoms with E-state index in [1.54, 1.807) is 0 Å². The largest absolute Gasteiger partial charge is 0.367 e. The van der Waals surface area contributed by atoms with Gasteiger partial charge in [-0.05, 0) is 28.3 Å². The lowest BCUT2D eigenvalue weighted by Gasteiger charge is -2.09. The predicted octanol–water partition coefficient (Wildman–Crippen LogP) is 4.34. The summed E-state index contributed by atoms with van der Waals surface area (Å²) in [5.41, 5.74) is 4.38. The molecule has 3 rings (SSSR count). The molecule has 20 heavy (non-hydrogen) atoms. The van der Waals surface area contributed by atoms with Crippen molar-refractivity contribution in [3.63, 3.8) is 0 Å². The number of aromatic amines is 1. The summed E-state index contributed by atoms with van der Waals surface area (Å²) >= 11 is 0. The molecule has 0 saturated heterocycles. The summed E-state index contributed by atoms with van der Waals surface area (Å²) in [6.45, 7) is 0. The second kappa shape index (κ2) is 5.46. The van der Waals surface area contributed by atoms with Gasteiger partial charge in [0, 0.05) is 12.4 Å². The van der Waals surface area contributed by atoms with Crippen LogP contribution in [0.4, 0.5) is 0 Å². The monoisotopic (exact) mass is 258 g/mol. The molecule has 2 aromatic carbocycles. The van der Waals surface area contributed by atoms with Gasteiger partial charge in [0.2, 0.25) is 0 Å². The first kappa shape index (κ1) is 12.3. The van der Waals surface area contributed by atoms with E-state index >= 15 is 0 Å². The number of nitrogens with zero attached hydrogens (tertiary/aromatic N) is 1. The highest BCUT2D eigenvalue weighted by Gasteiger charge is 2.13. The van der Waals surface area contributed by atoms with Gasteiger partial charge in [-0.3, -0.25) is 0 Å². The molecule has 0 radical (unpaired) electrons. The van der Waals surface area contributed by atoms with Crippen molar-refractivity contribution in [2.24, 2.45) is 0 Å². The molecule has 0 aliphatic carbocycles. The first-order valence-corrected chi connectivity index (χ1v) is 6.56. The van der Waals surface area contributed by atoms with Crippen molar-refractivity contribution in [1.82, 2.24) is 4.98 Å². The Morgan fingerprint density at radius 2 is 1.50 bits per heavy atom. The Balaban J connectivity index is 1.92. The number of benzene rings is 2. The molecular weight excluding hydrogens is 244 g/mol. The van der Waals surface area contributed by atoms with E-state index < -0.39 is 0 Å². The Labute approximate surface area is 118 Å². The quantitative estimate of drug-likeness (QED) is 0.746. The van der Waals surface area contributed by atoms with Gasteiger partial charge in [-0.1, -0.05) is 54.6 Å². The molecule has 1 heterocycles. The smallest absolute Gasteiger partial charge is 0.0977 e. The Hall–Kier alpha value is -2.79. The van der Waals surface area contributed by atoms with Gasteiger partial charge in [0.1, 0.15) is 0 Å². The molecule has 0 aliphatic rings. The van der Waals surface area contributed by atoms with Crippen LogP contribution in [0.25, 0.3) is 11.1 Å². The van der Waals surface area contributed by atoms with Crippen LogP contribution in [0.2, 0.25) is 0 Å². The van der Waals surface area contributed by atoms with Crippen molar-refractivity contribution in [3.05, 3.63) is 84.2 Å². The standard InChI is InChI=1S/C18H14N2/c19-12-18(17-10-11-20-13-17)16-8-6-15(7-9-16)14-4-2-1-3-5-14/h1-11,13,18,20H. The summed E-state index contributed by atoms with van der Waals surface area (Å²) in [5.74, 6) is -0.217. The maximum Gasteiger partial charge on any atom is 0.0977 e. The van der Waals surface area contributed by atoms with Crippen molar-refractivity contribution in [2.45, 2.75) is 5.92 Å². The van der Waals surface area contributed by atoms with Gasteiger partial charge in [-0.15, -0.1) is 0 Å². The van der Waals surface area contributed by atoms with E-state index in [1.807, 2.05) is 48.8 Å². The van der Waals surface area contributed by atoms with Crippen LogP contribution in [0.3, 0.4) is 0 Å². The van der Waals surface area contributed by atoms with E-state index in [-0.39, 0.29) is 5.92 Å². The van der Waals surface area contributed by atoms with E-state index in [2.05, 4.69) is 35.3 Å². The van der Waals surface area contributed by atoms with Crippen molar-refractivity contribution >= 4 is 0 Å². The highest BCUT2D eigenvalue weighted by molar-refractivity contribution is 5.63. The Bertz CT molecular complexity index is 704. The summed E-state index contributed by atoms with van der Waals surface area (Å²) in [6, 6.07) is 22.7. The Kier molecular flexibility index (Phi) is 3.34. The molecule has 1 unspecified atom stereocenters. The molecule has 1 atom stereocenters. The third-order valence-electron chi connectivity index (χ3n) is 3.44. The van der Waals surface area contributed by atoms with Crippen LogP contribution in [0.15, 0.2) is 73.1 Å². The fourth-order valence-corrected chi connectivity index (χ4v) is 2.36. The molecule has 0 amide bonds. The van der Waals surface area contributed by atoms with Crippen LogP contribution in [0, 0.1) is 11.3 Å².